The van der Waals surface area contributed by atoms with Gasteiger partial charge in [-0.15, -0.1) is 11.3 Å². The fraction of sp³-hybridized carbons (Fsp3) is 0.522. The van der Waals surface area contributed by atoms with E-state index in [1.807, 2.05) is 40.5 Å². The number of carbonyl (C=O) groups is 1. The zero-order valence-corrected chi connectivity index (χ0v) is 17.1. The first-order chi connectivity index (χ1) is 13.2. The van der Waals surface area contributed by atoms with E-state index in [9.17, 15) is 9.90 Å². The summed E-state index contributed by atoms with van der Waals surface area (Å²) in [5, 5.41) is 12.5. The average molecular weight is 386 g/mol. The molecule has 1 aliphatic rings. The summed E-state index contributed by atoms with van der Waals surface area (Å²) in [7, 11) is 0. The van der Waals surface area contributed by atoms with Gasteiger partial charge in [-0.2, -0.15) is 0 Å². The number of carbonyl (C=O) groups excluding carboxylic acids is 1. The summed E-state index contributed by atoms with van der Waals surface area (Å²) in [6, 6.07) is 12.6. The molecule has 146 valence electrons. The van der Waals surface area contributed by atoms with Gasteiger partial charge in [0.15, 0.2) is 0 Å². The van der Waals surface area contributed by atoms with Crippen molar-refractivity contribution >= 4 is 22.9 Å². The van der Waals surface area contributed by atoms with Crippen molar-refractivity contribution in [1.82, 2.24) is 0 Å². The zero-order chi connectivity index (χ0) is 19.1. The molecule has 1 aliphatic heterocycles. The van der Waals surface area contributed by atoms with Gasteiger partial charge in [-0.1, -0.05) is 44.4 Å². The van der Waals surface area contributed by atoms with Crippen LogP contribution in [0.5, 0.6) is 0 Å². The predicted octanol–water partition coefficient (Wildman–Crippen LogP) is 5.88. The van der Waals surface area contributed by atoms with E-state index in [1.165, 1.54) is 4.88 Å². The number of nitrogens with zero attached hydrogens (tertiary/aromatic N) is 1. The van der Waals surface area contributed by atoms with E-state index in [0.29, 0.717) is 12.5 Å². The van der Waals surface area contributed by atoms with Gasteiger partial charge in [0.2, 0.25) is 5.91 Å². The molecule has 2 aromatic rings. The summed E-state index contributed by atoms with van der Waals surface area (Å²) in [4.78, 5) is 15.9. The molecule has 3 rings (SSSR count). The van der Waals surface area contributed by atoms with Crippen molar-refractivity contribution in [3.63, 3.8) is 0 Å². The zero-order valence-electron chi connectivity index (χ0n) is 16.3. The maximum absolute atomic E-state index is 12.4. The standard InChI is InChI=1S/C23H31NO2S/c1-2-3-4-10-22(25)18-11-13-20(14-12-18)24-19(15-16-23(24)26)7-5-8-21-9-6-17-27-21/h6,9,11-14,17,19,22,25H,2-5,7-8,10,15-16H2,1H3. The number of aryl methyl sites for hydroxylation is 1. The molecule has 1 aromatic heterocycles. The Bertz CT molecular complexity index is 696. The Morgan fingerprint density at radius 1 is 1.19 bits per heavy atom. The van der Waals surface area contributed by atoms with Crippen LogP contribution in [-0.4, -0.2) is 17.1 Å². The lowest BCUT2D eigenvalue weighted by Crippen LogP contribution is -2.32. The molecule has 4 heteroatoms. The predicted molar refractivity (Wildman–Crippen MR) is 113 cm³/mol. The molecule has 2 unspecified atom stereocenters. The molecule has 3 nitrogen and oxygen atoms in total. The first-order valence-electron chi connectivity index (χ1n) is 10.3. The highest BCUT2D eigenvalue weighted by Crippen LogP contribution is 2.31. The molecule has 0 aliphatic carbocycles. The SMILES string of the molecule is CCCCCC(O)c1ccc(N2C(=O)CCC2CCCc2cccs2)cc1. The van der Waals surface area contributed by atoms with E-state index in [2.05, 4.69) is 24.4 Å². The Morgan fingerprint density at radius 2 is 2.00 bits per heavy atom. The van der Waals surface area contributed by atoms with Crippen molar-refractivity contribution in [2.75, 3.05) is 4.90 Å². The first kappa shape index (κ1) is 20.1. The fourth-order valence-electron chi connectivity index (χ4n) is 3.95. The number of thiophene rings is 1. The van der Waals surface area contributed by atoms with E-state index < -0.39 is 6.10 Å². The maximum atomic E-state index is 12.4. The van der Waals surface area contributed by atoms with Gasteiger partial charge in [-0.3, -0.25) is 4.79 Å². The highest BCUT2D eigenvalue weighted by molar-refractivity contribution is 7.09. The minimum Gasteiger partial charge on any atom is -0.388 e. The van der Waals surface area contributed by atoms with E-state index in [4.69, 9.17) is 0 Å². The van der Waals surface area contributed by atoms with Crippen molar-refractivity contribution < 1.29 is 9.90 Å². The number of amides is 1. The topological polar surface area (TPSA) is 40.5 Å². The van der Waals surface area contributed by atoms with Crippen molar-refractivity contribution in [2.45, 2.75) is 76.9 Å². The minimum atomic E-state index is -0.401. The van der Waals surface area contributed by atoms with E-state index >= 15 is 0 Å². The number of benzene rings is 1. The Morgan fingerprint density at radius 3 is 2.70 bits per heavy atom. The molecule has 1 N–H and O–H groups in total. The number of hydrogen-bond acceptors (Lipinski definition) is 3. The van der Waals surface area contributed by atoms with Gasteiger partial charge in [0.1, 0.15) is 0 Å². The van der Waals surface area contributed by atoms with E-state index in [-0.39, 0.29) is 5.91 Å². The van der Waals surface area contributed by atoms with Crippen LogP contribution in [0.25, 0.3) is 0 Å². The molecule has 1 amide bonds. The summed E-state index contributed by atoms with van der Waals surface area (Å²) in [6.07, 6.45) is 8.63. The van der Waals surface area contributed by atoms with Crippen LogP contribution < -0.4 is 4.90 Å². The van der Waals surface area contributed by atoms with Crippen LogP contribution >= 0.6 is 11.3 Å². The van der Waals surface area contributed by atoms with Crippen LogP contribution in [-0.2, 0) is 11.2 Å². The van der Waals surface area contributed by atoms with Crippen LogP contribution in [0, 0.1) is 0 Å². The van der Waals surface area contributed by atoms with Crippen LogP contribution in [0.3, 0.4) is 0 Å². The van der Waals surface area contributed by atoms with Gasteiger partial charge in [-0.05, 0) is 61.2 Å². The Hall–Kier alpha value is -1.65. The molecule has 27 heavy (non-hydrogen) atoms. The van der Waals surface area contributed by atoms with E-state index in [1.54, 1.807) is 0 Å². The lowest BCUT2D eigenvalue weighted by molar-refractivity contribution is -0.117. The quantitative estimate of drug-likeness (QED) is 0.519. The molecule has 0 bridgehead atoms. The van der Waals surface area contributed by atoms with Crippen molar-refractivity contribution in [2.24, 2.45) is 0 Å². The third-order valence-corrected chi connectivity index (χ3v) is 6.44. The highest BCUT2D eigenvalue weighted by Gasteiger charge is 2.31. The molecule has 1 aromatic carbocycles. The Balaban J connectivity index is 1.58. The molecule has 2 heterocycles. The average Bonchev–Trinajstić information content (AvgIpc) is 3.32. The lowest BCUT2D eigenvalue weighted by Gasteiger charge is -2.25. The van der Waals surface area contributed by atoms with Gasteiger partial charge in [0.05, 0.1) is 6.10 Å². The smallest absolute Gasteiger partial charge is 0.227 e. The molecule has 0 spiro atoms. The lowest BCUT2D eigenvalue weighted by atomic mass is 10.0. The first-order valence-corrected chi connectivity index (χ1v) is 11.2. The molecular formula is C23H31NO2S. The summed E-state index contributed by atoms with van der Waals surface area (Å²) < 4.78 is 0. The monoisotopic (exact) mass is 385 g/mol. The summed E-state index contributed by atoms with van der Waals surface area (Å²) in [6.45, 7) is 2.17. The maximum Gasteiger partial charge on any atom is 0.227 e. The largest absolute Gasteiger partial charge is 0.388 e. The normalized spacial score (nSPS) is 18.2. The third kappa shape index (κ3) is 5.43. The summed E-state index contributed by atoms with van der Waals surface area (Å²) in [5.74, 6) is 0.229. The van der Waals surface area contributed by atoms with Crippen molar-refractivity contribution in [1.29, 1.82) is 0 Å². The minimum absolute atomic E-state index is 0.229. The number of rotatable bonds is 10. The molecule has 1 fully saturated rings. The van der Waals surface area contributed by atoms with Gasteiger partial charge >= 0.3 is 0 Å². The summed E-state index contributed by atoms with van der Waals surface area (Å²) in [5.41, 5.74) is 1.93. The molecular weight excluding hydrogens is 354 g/mol. The van der Waals surface area contributed by atoms with Crippen LogP contribution in [0.4, 0.5) is 5.69 Å². The second-order valence-electron chi connectivity index (χ2n) is 7.53. The van der Waals surface area contributed by atoms with Crippen molar-refractivity contribution in [3.05, 3.63) is 52.2 Å². The highest BCUT2D eigenvalue weighted by atomic mass is 32.1. The number of hydrogen-bond donors (Lipinski definition) is 1. The number of aliphatic hydroxyl groups excluding tert-OH is 1. The van der Waals surface area contributed by atoms with Crippen LogP contribution in [0.1, 0.15) is 74.8 Å². The summed E-state index contributed by atoms with van der Waals surface area (Å²) >= 11 is 1.81. The second-order valence-corrected chi connectivity index (χ2v) is 8.56. The van der Waals surface area contributed by atoms with Gasteiger partial charge in [0, 0.05) is 23.0 Å². The number of anilines is 1. The van der Waals surface area contributed by atoms with Crippen LogP contribution in [0.2, 0.25) is 0 Å². The molecule has 1 saturated heterocycles. The van der Waals surface area contributed by atoms with Crippen LogP contribution in [0.15, 0.2) is 41.8 Å². The Kier molecular flexibility index (Phi) is 7.48. The van der Waals surface area contributed by atoms with Gasteiger partial charge in [0.25, 0.3) is 0 Å². The second kappa shape index (κ2) is 10.0. The molecule has 0 saturated carbocycles. The van der Waals surface area contributed by atoms with Gasteiger partial charge in [-0.25, -0.2) is 0 Å². The number of aliphatic hydroxyl groups is 1. The molecule has 0 radical (unpaired) electrons. The van der Waals surface area contributed by atoms with E-state index in [0.717, 1.165) is 62.6 Å². The van der Waals surface area contributed by atoms with Crippen molar-refractivity contribution in [3.8, 4) is 0 Å². The van der Waals surface area contributed by atoms with Gasteiger partial charge < -0.3 is 10.0 Å². The third-order valence-electron chi connectivity index (χ3n) is 5.50. The Labute approximate surface area is 167 Å². The molecule has 2 atom stereocenters. The number of unbranched alkanes of at least 4 members (excludes halogenated alkanes) is 2. The fourth-order valence-corrected chi connectivity index (χ4v) is 4.70.